The zero-order valence-electron chi connectivity index (χ0n) is 17.9. The van der Waals surface area contributed by atoms with Gasteiger partial charge in [0.05, 0.1) is 23.9 Å². The van der Waals surface area contributed by atoms with E-state index >= 15 is 0 Å². The lowest BCUT2D eigenvalue weighted by Crippen LogP contribution is -2.36. The van der Waals surface area contributed by atoms with E-state index in [1.165, 1.54) is 5.56 Å². The maximum absolute atomic E-state index is 13.3. The monoisotopic (exact) mass is 442 g/mol. The Morgan fingerprint density at radius 1 is 1.00 bits per heavy atom. The van der Waals surface area contributed by atoms with Gasteiger partial charge >= 0.3 is 0 Å². The van der Waals surface area contributed by atoms with Crippen LogP contribution in [-0.4, -0.2) is 43.0 Å². The van der Waals surface area contributed by atoms with E-state index in [4.69, 9.17) is 21.1 Å². The summed E-state index contributed by atoms with van der Waals surface area (Å²) in [7, 11) is 0. The van der Waals surface area contributed by atoms with Crippen molar-refractivity contribution in [3.63, 3.8) is 0 Å². The van der Waals surface area contributed by atoms with Gasteiger partial charge in [0.15, 0.2) is 11.5 Å². The van der Waals surface area contributed by atoms with Crippen LogP contribution in [0.3, 0.4) is 0 Å². The van der Waals surface area contributed by atoms with Crippen molar-refractivity contribution in [2.24, 2.45) is 0 Å². The zero-order chi connectivity index (χ0) is 22.0. The maximum atomic E-state index is 13.3. The van der Waals surface area contributed by atoms with Gasteiger partial charge < -0.3 is 19.3 Å². The molecule has 7 heteroatoms. The number of anilines is 1. The van der Waals surface area contributed by atoms with Gasteiger partial charge in [-0.05, 0) is 68.1 Å². The van der Waals surface area contributed by atoms with Gasteiger partial charge in [-0.15, -0.1) is 0 Å². The van der Waals surface area contributed by atoms with E-state index in [0.29, 0.717) is 61.3 Å². The number of carbonyl (C=O) groups excluding carboxylic acids is 2. The summed E-state index contributed by atoms with van der Waals surface area (Å²) in [6, 6.07) is 9.20. The van der Waals surface area contributed by atoms with E-state index in [-0.39, 0.29) is 11.8 Å². The second-order valence-corrected chi connectivity index (χ2v) is 8.13. The molecule has 0 aromatic heterocycles. The number of hydrogen-bond donors (Lipinski definition) is 0. The molecule has 6 nitrogen and oxygen atoms in total. The maximum Gasteiger partial charge on any atom is 0.254 e. The van der Waals surface area contributed by atoms with Gasteiger partial charge in [0.2, 0.25) is 5.91 Å². The molecule has 0 N–H and O–H groups in total. The second kappa shape index (κ2) is 9.18. The minimum atomic E-state index is -0.0675. The normalized spacial score (nSPS) is 15.8. The first kappa shape index (κ1) is 21.5. The van der Waals surface area contributed by atoms with E-state index in [2.05, 4.69) is 0 Å². The summed E-state index contributed by atoms with van der Waals surface area (Å²) in [5.41, 5.74) is 3.40. The van der Waals surface area contributed by atoms with E-state index in [0.717, 1.165) is 24.2 Å². The Balaban J connectivity index is 1.57. The van der Waals surface area contributed by atoms with Gasteiger partial charge in [-0.3, -0.25) is 9.59 Å². The van der Waals surface area contributed by atoms with Gasteiger partial charge in [-0.2, -0.15) is 0 Å². The van der Waals surface area contributed by atoms with Crippen LogP contribution in [-0.2, 0) is 17.8 Å². The van der Waals surface area contributed by atoms with Gasteiger partial charge in [0.1, 0.15) is 0 Å². The van der Waals surface area contributed by atoms with E-state index in [1.54, 1.807) is 23.1 Å². The van der Waals surface area contributed by atoms with Crippen molar-refractivity contribution in [2.75, 3.05) is 31.2 Å². The number of nitrogens with zero attached hydrogens (tertiary/aromatic N) is 2. The highest BCUT2D eigenvalue weighted by molar-refractivity contribution is 6.34. The van der Waals surface area contributed by atoms with E-state index in [1.807, 2.05) is 30.9 Å². The smallest absolute Gasteiger partial charge is 0.254 e. The number of benzene rings is 2. The lowest BCUT2D eigenvalue weighted by atomic mass is 9.98. The van der Waals surface area contributed by atoms with Crippen LogP contribution in [0.1, 0.15) is 48.2 Å². The minimum Gasteiger partial charge on any atom is -0.490 e. The van der Waals surface area contributed by atoms with Crippen molar-refractivity contribution in [1.29, 1.82) is 0 Å². The van der Waals surface area contributed by atoms with Crippen molar-refractivity contribution >= 4 is 29.1 Å². The summed E-state index contributed by atoms with van der Waals surface area (Å²) in [4.78, 5) is 28.9. The molecular formula is C24H27ClN2O4. The Hall–Kier alpha value is -2.73. The number of amides is 2. The topological polar surface area (TPSA) is 59.1 Å². The summed E-state index contributed by atoms with van der Waals surface area (Å²) in [5.74, 6) is 1.44. The molecule has 2 heterocycles. The van der Waals surface area contributed by atoms with Crippen LogP contribution >= 0.6 is 11.6 Å². The molecule has 2 aromatic carbocycles. The molecule has 31 heavy (non-hydrogen) atoms. The SMILES string of the molecule is CCOc1cc2c(cc1OCC)CN(C(=O)c1ccc(Cl)c(N3CCCC3=O)c1)CC2. The summed E-state index contributed by atoms with van der Waals surface area (Å²) >= 11 is 6.34. The van der Waals surface area contributed by atoms with E-state index in [9.17, 15) is 9.59 Å². The van der Waals surface area contributed by atoms with Crippen LogP contribution < -0.4 is 14.4 Å². The molecule has 2 aliphatic heterocycles. The molecule has 0 unspecified atom stereocenters. The van der Waals surface area contributed by atoms with Crippen LogP contribution in [0, 0.1) is 0 Å². The molecule has 0 bridgehead atoms. The Bertz CT molecular complexity index is 1010. The fourth-order valence-corrected chi connectivity index (χ4v) is 4.43. The molecular weight excluding hydrogens is 416 g/mol. The Morgan fingerprint density at radius 2 is 1.71 bits per heavy atom. The fourth-order valence-electron chi connectivity index (χ4n) is 4.21. The first-order valence-corrected chi connectivity index (χ1v) is 11.2. The van der Waals surface area contributed by atoms with Crippen molar-refractivity contribution in [2.45, 2.75) is 39.7 Å². The number of ether oxygens (including phenoxy) is 2. The lowest BCUT2D eigenvalue weighted by Gasteiger charge is -2.30. The standard InChI is InChI=1S/C24H27ClN2O4/c1-3-30-21-13-16-9-11-26(15-18(16)14-22(21)31-4-2)24(29)17-7-8-19(25)20(12-17)27-10-5-6-23(27)28/h7-8,12-14H,3-6,9-11,15H2,1-2H3. The second-order valence-electron chi connectivity index (χ2n) is 7.73. The molecule has 0 aliphatic carbocycles. The fraction of sp³-hybridized carbons (Fsp3) is 0.417. The highest BCUT2D eigenvalue weighted by Crippen LogP contribution is 2.35. The Morgan fingerprint density at radius 3 is 2.35 bits per heavy atom. The molecule has 0 saturated carbocycles. The highest BCUT2D eigenvalue weighted by Gasteiger charge is 2.27. The van der Waals surface area contributed by atoms with Crippen LogP contribution in [0.2, 0.25) is 5.02 Å². The van der Waals surface area contributed by atoms with Gasteiger partial charge in [-0.1, -0.05) is 11.6 Å². The summed E-state index contributed by atoms with van der Waals surface area (Å²) in [6.07, 6.45) is 2.07. The molecule has 2 aromatic rings. The van der Waals surface area contributed by atoms with Crippen LogP contribution in [0.25, 0.3) is 0 Å². The summed E-state index contributed by atoms with van der Waals surface area (Å²) < 4.78 is 11.5. The number of rotatable bonds is 6. The zero-order valence-corrected chi connectivity index (χ0v) is 18.7. The minimum absolute atomic E-state index is 0.0481. The third-order valence-electron chi connectivity index (χ3n) is 5.72. The van der Waals surface area contributed by atoms with E-state index < -0.39 is 0 Å². The van der Waals surface area contributed by atoms with Crippen molar-refractivity contribution < 1.29 is 19.1 Å². The van der Waals surface area contributed by atoms with Crippen molar-refractivity contribution in [1.82, 2.24) is 4.90 Å². The molecule has 2 amide bonds. The molecule has 1 saturated heterocycles. The van der Waals surface area contributed by atoms with Crippen LogP contribution in [0.4, 0.5) is 5.69 Å². The predicted molar refractivity (Wildman–Crippen MR) is 120 cm³/mol. The first-order chi connectivity index (χ1) is 15.0. The predicted octanol–water partition coefficient (Wildman–Crippen LogP) is 4.46. The Kier molecular flexibility index (Phi) is 6.37. The average Bonchev–Trinajstić information content (AvgIpc) is 3.19. The molecule has 164 valence electrons. The van der Waals surface area contributed by atoms with Crippen LogP contribution in [0.5, 0.6) is 11.5 Å². The first-order valence-electron chi connectivity index (χ1n) is 10.8. The number of hydrogen-bond acceptors (Lipinski definition) is 4. The molecule has 1 fully saturated rings. The summed E-state index contributed by atoms with van der Waals surface area (Å²) in [5, 5.41) is 0.487. The summed E-state index contributed by atoms with van der Waals surface area (Å²) in [6.45, 7) is 6.76. The number of fused-ring (bicyclic) bond motifs is 1. The van der Waals surface area contributed by atoms with Crippen molar-refractivity contribution in [3.05, 3.63) is 52.0 Å². The molecule has 4 rings (SSSR count). The van der Waals surface area contributed by atoms with Gasteiger partial charge in [0.25, 0.3) is 5.91 Å². The molecule has 2 aliphatic rings. The number of carbonyl (C=O) groups is 2. The molecule has 0 atom stereocenters. The Labute approximate surface area is 187 Å². The van der Waals surface area contributed by atoms with Gasteiger partial charge in [0, 0.05) is 31.6 Å². The largest absolute Gasteiger partial charge is 0.490 e. The van der Waals surface area contributed by atoms with Gasteiger partial charge in [-0.25, -0.2) is 0 Å². The third kappa shape index (κ3) is 4.35. The molecule has 0 radical (unpaired) electrons. The lowest BCUT2D eigenvalue weighted by molar-refractivity contribution is -0.117. The quantitative estimate of drug-likeness (QED) is 0.662. The third-order valence-corrected chi connectivity index (χ3v) is 6.04. The average molecular weight is 443 g/mol. The van der Waals surface area contributed by atoms with Crippen molar-refractivity contribution in [3.8, 4) is 11.5 Å². The number of halogens is 1. The molecule has 0 spiro atoms. The van der Waals surface area contributed by atoms with Crippen LogP contribution in [0.15, 0.2) is 30.3 Å². The highest BCUT2D eigenvalue weighted by atomic mass is 35.5.